The zero-order valence-electron chi connectivity index (χ0n) is 11.3. The van der Waals surface area contributed by atoms with Crippen LogP contribution in [0, 0.1) is 6.92 Å². The number of carboxylic acids is 2. The second-order valence-corrected chi connectivity index (χ2v) is 6.13. The molecular formula is C13H11NO6S2. The molecule has 2 N–H and O–H groups in total. The van der Waals surface area contributed by atoms with Crippen LogP contribution >= 0.6 is 24.0 Å². The Bertz CT molecular complexity index is 692. The second kappa shape index (κ2) is 6.32. The zero-order valence-corrected chi connectivity index (χ0v) is 12.9. The van der Waals surface area contributed by atoms with Crippen molar-refractivity contribution in [1.82, 2.24) is 4.90 Å². The van der Waals surface area contributed by atoms with Crippen molar-refractivity contribution >= 4 is 52.2 Å². The SMILES string of the molecule is Cc1ccc(/C=C2\SC(=S)N(C(CC(=O)O)C(=O)O)C2=O)o1. The van der Waals surface area contributed by atoms with E-state index in [4.69, 9.17) is 26.8 Å². The largest absolute Gasteiger partial charge is 0.481 e. The minimum Gasteiger partial charge on any atom is -0.481 e. The van der Waals surface area contributed by atoms with Gasteiger partial charge in [-0.05, 0) is 19.1 Å². The molecule has 1 aromatic rings. The topological polar surface area (TPSA) is 108 Å². The van der Waals surface area contributed by atoms with E-state index in [2.05, 4.69) is 0 Å². The van der Waals surface area contributed by atoms with Crippen LogP contribution in [0.2, 0.25) is 0 Å². The zero-order chi connectivity index (χ0) is 16.4. The van der Waals surface area contributed by atoms with Crippen LogP contribution in [0.3, 0.4) is 0 Å². The lowest BCUT2D eigenvalue weighted by Crippen LogP contribution is -2.45. The van der Waals surface area contributed by atoms with E-state index in [1.807, 2.05) is 0 Å². The summed E-state index contributed by atoms with van der Waals surface area (Å²) in [5.41, 5.74) is 0. The molecule has 0 aromatic carbocycles. The van der Waals surface area contributed by atoms with E-state index in [-0.39, 0.29) is 9.23 Å². The Morgan fingerprint density at radius 2 is 2.14 bits per heavy atom. The van der Waals surface area contributed by atoms with Crippen LogP contribution in [0.1, 0.15) is 17.9 Å². The van der Waals surface area contributed by atoms with Crippen molar-refractivity contribution in [3.8, 4) is 0 Å². The van der Waals surface area contributed by atoms with Gasteiger partial charge in [-0.25, -0.2) is 4.79 Å². The van der Waals surface area contributed by atoms with Crippen molar-refractivity contribution in [3.05, 3.63) is 28.6 Å². The van der Waals surface area contributed by atoms with Crippen LogP contribution in [0.4, 0.5) is 0 Å². The molecule has 1 aliphatic rings. The van der Waals surface area contributed by atoms with Crippen molar-refractivity contribution in [2.45, 2.75) is 19.4 Å². The molecule has 0 bridgehead atoms. The summed E-state index contributed by atoms with van der Waals surface area (Å²) in [6, 6.07) is 1.85. The van der Waals surface area contributed by atoms with E-state index < -0.39 is 30.3 Å². The quantitative estimate of drug-likeness (QED) is 0.615. The number of aliphatic carboxylic acids is 2. The predicted octanol–water partition coefficient (Wildman–Crippen LogP) is 1.72. The molecular weight excluding hydrogens is 330 g/mol. The number of aryl methyl sites for hydroxylation is 1. The fraction of sp³-hybridized carbons (Fsp3) is 0.231. The molecule has 1 aromatic heterocycles. The minimum atomic E-state index is -1.53. The van der Waals surface area contributed by atoms with Crippen molar-refractivity contribution in [1.29, 1.82) is 0 Å². The maximum atomic E-state index is 12.3. The molecule has 1 atom stereocenters. The first-order chi connectivity index (χ1) is 10.3. The summed E-state index contributed by atoms with van der Waals surface area (Å²) in [5, 5.41) is 17.9. The number of hydrogen-bond acceptors (Lipinski definition) is 6. The molecule has 22 heavy (non-hydrogen) atoms. The number of amides is 1. The number of carboxylic acid groups (broad SMARTS) is 2. The van der Waals surface area contributed by atoms with Crippen LogP contribution in [0.15, 0.2) is 21.5 Å². The van der Waals surface area contributed by atoms with Crippen molar-refractivity contribution in [3.63, 3.8) is 0 Å². The van der Waals surface area contributed by atoms with Gasteiger partial charge in [-0.2, -0.15) is 0 Å². The van der Waals surface area contributed by atoms with Gasteiger partial charge in [-0.15, -0.1) is 0 Å². The second-order valence-electron chi connectivity index (χ2n) is 4.45. The van der Waals surface area contributed by atoms with E-state index in [0.717, 1.165) is 16.7 Å². The van der Waals surface area contributed by atoms with Gasteiger partial charge in [0, 0.05) is 6.08 Å². The molecule has 7 nitrogen and oxygen atoms in total. The normalized spacial score (nSPS) is 18.0. The van der Waals surface area contributed by atoms with Crippen LogP contribution in [0.5, 0.6) is 0 Å². The van der Waals surface area contributed by atoms with Crippen molar-refractivity contribution in [2.24, 2.45) is 0 Å². The van der Waals surface area contributed by atoms with E-state index >= 15 is 0 Å². The molecule has 0 spiro atoms. The first kappa shape index (κ1) is 16.2. The number of carbonyl (C=O) groups excluding carboxylic acids is 1. The predicted molar refractivity (Wildman–Crippen MR) is 82.1 cm³/mol. The Kier molecular flexibility index (Phi) is 4.67. The lowest BCUT2D eigenvalue weighted by atomic mass is 10.2. The highest BCUT2D eigenvalue weighted by atomic mass is 32.2. The standard InChI is InChI=1S/C13H11NO6S2/c1-6-2-3-7(20-6)4-9-11(17)14(13(21)22-9)8(12(18)19)5-10(15)16/h2-4,8H,5H2,1H3,(H,15,16)(H,18,19)/b9-4-. The Balaban J connectivity index is 2.29. The fourth-order valence-electron chi connectivity index (χ4n) is 1.86. The molecule has 1 aliphatic heterocycles. The highest BCUT2D eigenvalue weighted by molar-refractivity contribution is 8.26. The Morgan fingerprint density at radius 3 is 2.64 bits per heavy atom. The van der Waals surface area contributed by atoms with Gasteiger partial charge < -0.3 is 14.6 Å². The van der Waals surface area contributed by atoms with Crippen LogP contribution in [0.25, 0.3) is 6.08 Å². The number of carbonyl (C=O) groups is 3. The number of hydrogen-bond donors (Lipinski definition) is 2. The molecule has 0 saturated carbocycles. The average molecular weight is 341 g/mol. The van der Waals surface area contributed by atoms with E-state index in [9.17, 15) is 14.4 Å². The molecule has 116 valence electrons. The number of furan rings is 1. The van der Waals surface area contributed by atoms with E-state index in [0.29, 0.717) is 11.5 Å². The minimum absolute atomic E-state index is 0.00757. The highest BCUT2D eigenvalue weighted by Crippen LogP contribution is 2.34. The smallest absolute Gasteiger partial charge is 0.327 e. The first-order valence-electron chi connectivity index (χ1n) is 6.07. The van der Waals surface area contributed by atoms with Gasteiger partial charge in [0.05, 0.1) is 11.3 Å². The molecule has 1 saturated heterocycles. The van der Waals surface area contributed by atoms with Gasteiger partial charge in [-0.1, -0.05) is 24.0 Å². The summed E-state index contributed by atoms with van der Waals surface area (Å²) in [4.78, 5) is 35.3. The maximum Gasteiger partial charge on any atom is 0.327 e. The Morgan fingerprint density at radius 1 is 1.45 bits per heavy atom. The number of nitrogens with zero attached hydrogens (tertiary/aromatic N) is 1. The number of rotatable bonds is 5. The van der Waals surface area contributed by atoms with Gasteiger partial charge in [-0.3, -0.25) is 14.5 Å². The fourth-order valence-corrected chi connectivity index (χ4v) is 3.20. The average Bonchev–Trinajstić information content (AvgIpc) is 2.92. The van der Waals surface area contributed by atoms with E-state index in [1.165, 1.54) is 6.08 Å². The third-order valence-corrected chi connectivity index (χ3v) is 4.15. The third-order valence-electron chi connectivity index (χ3n) is 2.82. The Hall–Kier alpha value is -2.13. The molecule has 9 heteroatoms. The summed E-state index contributed by atoms with van der Waals surface area (Å²) < 4.78 is 5.33. The lowest BCUT2D eigenvalue weighted by Gasteiger charge is -2.21. The van der Waals surface area contributed by atoms with Crippen molar-refractivity contribution < 1.29 is 29.0 Å². The molecule has 0 aliphatic carbocycles. The molecule has 1 amide bonds. The van der Waals surface area contributed by atoms with E-state index in [1.54, 1.807) is 19.1 Å². The summed E-state index contributed by atoms with van der Waals surface area (Å²) in [6.45, 7) is 1.75. The molecule has 1 fully saturated rings. The first-order valence-corrected chi connectivity index (χ1v) is 7.30. The highest BCUT2D eigenvalue weighted by Gasteiger charge is 2.41. The molecule has 2 rings (SSSR count). The maximum absolute atomic E-state index is 12.3. The monoisotopic (exact) mass is 341 g/mol. The summed E-state index contributed by atoms with van der Waals surface area (Å²) in [7, 11) is 0. The van der Waals surface area contributed by atoms with Gasteiger partial charge >= 0.3 is 11.9 Å². The lowest BCUT2D eigenvalue weighted by molar-refractivity contribution is -0.150. The summed E-state index contributed by atoms with van der Waals surface area (Å²) >= 11 is 5.92. The number of thioether (sulfide) groups is 1. The number of thiocarbonyl (C=S) groups is 1. The molecule has 0 radical (unpaired) electrons. The summed E-state index contributed by atoms with van der Waals surface area (Å²) in [5.74, 6) is -2.29. The van der Waals surface area contributed by atoms with Crippen LogP contribution < -0.4 is 0 Å². The van der Waals surface area contributed by atoms with Crippen LogP contribution in [-0.2, 0) is 14.4 Å². The van der Waals surface area contributed by atoms with Gasteiger partial charge in [0.2, 0.25) is 0 Å². The van der Waals surface area contributed by atoms with Crippen LogP contribution in [-0.4, -0.2) is 43.3 Å². The van der Waals surface area contributed by atoms with Gasteiger partial charge in [0.1, 0.15) is 21.9 Å². The van der Waals surface area contributed by atoms with Crippen molar-refractivity contribution in [2.75, 3.05) is 0 Å². The van der Waals surface area contributed by atoms with Gasteiger partial charge in [0.25, 0.3) is 5.91 Å². The van der Waals surface area contributed by atoms with Gasteiger partial charge in [0.15, 0.2) is 0 Å². The molecule has 1 unspecified atom stereocenters. The summed E-state index contributed by atoms with van der Waals surface area (Å²) in [6.07, 6.45) is 0.723. The Labute approximate surface area is 134 Å². The molecule has 2 heterocycles. The third kappa shape index (κ3) is 3.37.